The maximum absolute atomic E-state index is 14.1. The van der Waals surface area contributed by atoms with Gasteiger partial charge in [-0.1, -0.05) is 48.4 Å². The maximum Gasteiger partial charge on any atom is 0.129 e. The summed E-state index contributed by atoms with van der Waals surface area (Å²) in [5.74, 6) is 5.95. The summed E-state index contributed by atoms with van der Waals surface area (Å²) < 4.78 is 14.1. The van der Waals surface area contributed by atoms with Crippen molar-refractivity contribution in [2.75, 3.05) is 0 Å². The molecule has 0 radical (unpaired) electrons. The lowest BCUT2D eigenvalue weighted by atomic mass is 9.79. The van der Waals surface area contributed by atoms with Gasteiger partial charge in [0.1, 0.15) is 5.82 Å². The molecule has 2 aromatic carbocycles. The molecule has 1 unspecified atom stereocenters. The number of hydrogen-bond acceptors (Lipinski definition) is 2. The Labute approximate surface area is 129 Å². The Morgan fingerprint density at radius 3 is 2.57 bits per heavy atom. The van der Waals surface area contributed by atoms with Crippen LogP contribution in [0.3, 0.4) is 0 Å². The lowest BCUT2D eigenvalue weighted by Crippen LogP contribution is -2.30. The molecular formula is C17H18ClFN2. The summed E-state index contributed by atoms with van der Waals surface area (Å²) in [6, 6.07) is 12.4. The summed E-state index contributed by atoms with van der Waals surface area (Å²) in [5, 5.41) is 0.381. The number of rotatable bonds is 4. The number of nitrogens with two attached hydrogens (primary N) is 1. The molecular weight excluding hydrogens is 287 g/mol. The smallest absolute Gasteiger partial charge is 0.129 e. The molecule has 2 aromatic rings. The van der Waals surface area contributed by atoms with Gasteiger partial charge in [0.25, 0.3) is 0 Å². The molecule has 1 fully saturated rings. The van der Waals surface area contributed by atoms with Crippen LogP contribution in [0.25, 0.3) is 0 Å². The van der Waals surface area contributed by atoms with Crippen molar-refractivity contribution in [2.45, 2.75) is 31.2 Å². The van der Waals surface area contributed by atoms with Crippen molar-refractivity contribution in [1.82, 2.24) is 5.43 Å². The first-order valence-corrected chi connectivity index (χ1v) is 7.58. The van der Waals surface area contributed by atoms with E-state index in [0.29, 0.717) is 16.5 Å². The summed E-state index contributed by atoms with van der Waals surface area (Å²) in [6.07, 6.45) is 3.74. The Hall–Kier alpha value is -1.42. The van der Waals surface area contributed by atoms with Crippen molar-refractivity contribution in [2.24, 2.45) is 5.84 Å². The van der Waals surface area contributed by atoms with Gasteiger partial charge in [-0.25, -0.2) is 9.82 Å². The molecule has 0 bridgehead atoms. The van der Waals surface area contributed by atoms with Gasteiger partial charge in [0, 0.05) is 10.6 Å². The topological polar surface area (TPSA) is 38.0 Å². The molecule has 1 atom stereocenters. The Morgan fingerprint density at radius 2 is 1.95 bits per heavy atom. The third kappa shape index (κ3) is 2.82. The maximum atomic E-state index is 14.1. The Bertz CT molecular complexity index is 620. The highest BCUT2D eigenvalue weighted by Gasteiger charge is 2.23. The quantitative estimate of drug-likeness (QED) is 0.653. The molecule has 0 aliphatic heterocycles. The Morgan fingerprint density at radius 1 is 1.19 bits per heavy atom. The van der Waals surface area contributed by atoms with Crippen molar-refractivity contribution < 1.29 is 4.39 Å². The number of halogens is 2. The second-order valence-corrected chi connectivity index (χ2v) is 5.94. The SMILES string of the molecule is NNC(c1cccc(C2CCC2)c1)c1c(F)cccc1Cl. The van der Waals surface area contributed by atoms with Crippen LogP contribution in [-0.2, 0) is 0 Å². The minimum Gasteiger partial charge on any atom is -0.271 e. The summed E-state index contributed by atoms with van der Waals surface area (Å²) in [7, 11) is 0. The molecule has 3 rings (SSSR count). The van der Waals surface area contributed by atoms with Crippen LogP contribution in [0, 0.1) is 5.82 Å². The second-order valence-electron chi connectivity index (χ2n) is 5.53. The van der Waals surface area contributed by atoms with E-state index in [-0.39, 0.29) is 5.82 Å². The predicted octanol–water partition coefficient (Wildman–Crippen LogP) is 4.30. The molecule has 0 heterocycles. The highest BCUT2D eigenvalue weighted by Crippen LogP contribution is 2.38. The molecule has 21 heavy (non-hydrogen) atoms. The van der Waals surface area contributed by atoms with Crippen LogP contribution in [0.4, 0.5) is 4.39 Å². The van der Waals surface area contributed by atoms with Gasteiger partial charge < -0.3 is 0 Å². The summed E-state index contributed by atoms with van der Waals surface area (Å²) >= 11 is 6.16. The van der Waals surface area contributed by atoms with Crippen molar-refractivity contribution in [3.63, 3.8) is 0 Å². The van der Waals surface area contributed by atoms with Crippen molar-refractivity contribution in [3.05, 3.63) is 70.0 Å². The standard InChI is InChI=1S/C17H18ClFN2/c18-14-8-3-9-15(19)16(14)17(21-20)13-7-2-6-12(10-13)11-4-1-5-11/h2-3,6-11,17,21H,1,4-5,20H2. The highest BCUT2D eigenvalue weighted by atomic mass is 35.5. The van der Waals surface area contributed by atoms with Gasteiger partial charge in [0.05, 0.1) is 6.04 Å². The summed E-state index contributed by atoms with van der Waals surface area (Å²) in [5.41, 5.74) is 5.33. The van der Waals surface area contributed by atoms with Crippen molar-refractivity contribution >= 4 is 11.6 Å². The van der Waals surface area contributed by atoms with Crippen LogP contribution in [0.5, 0.6) is 0 Å². The van der Waals surface area contributed by atoms with Gasteiger partial charge in [-0.2, -0.15) is 0 Å². The molecule has 3 N–H and O–H groups in total. The van der Waals surface area contributed by atoms with E-state index >= 15 is 0 Å². The van der Waals surface area contributed by atoms with Crippen LogP contribution < -0.4 is 11.3 Å². The van der Waals surface area contributed by atoms with E-state index in [1.54, 1.807) is 12.1 Å². The first-order chi connectivity index (χ1) is 10.2. The minimum atomic E-state index is -0.446. The fourth-order valence-electron chi connectivity index (χ4n) is 2.87. The van der Waals surface area contributed by atoms with E-state index < -0.39 is 6.04 Å². The van der Waals surface area contributed by atoms with Gasteiger partial charge in [-0.05, 0) is 42.0 Å². The van der Waals surface area contributed by atoms with Crippen LogP contribution in [0.15, 0.2) is 42.5 Å². The zero-order valence-electron chi connectivity index (χ0n) is 11.7. The van der Waals surface area contributed by atoms with E-state index in [9.17, 15) is 4.39 Å². The molecule has 110 valence electrons. The van der Waals surface area contributed by atoms with E-state index in [1.807, 2.05) is 12.1 Å². The summed E-state index contributed by atoms with van der Waals surface area (Å²) in [6.45, 7) is 0. The molecule has 0 saturated heterocycles. The van der Waals surface area contributed by atoms with Crippen LogP contribution >= 0.6 is 11.6 Å². The Kier molecular flexibility index (Phi) is 4.24. The fourth-order valence-corrected chi connectivity index (χ4v) is 3.14. The number of nitrogens with one attached hydrogen (secondary N) is 1. The van der Waals surface area contributed by atoms with Gasteiger partial charge in [0.15, 0.2) is 0 Å². The first-order valence-electron chi connectivity index (χ1n) is 7.20. The van der Waals surface area contributed by atoms with Gasteiger partial charge in [0.2, 0.25) is 0 Å². The average molecular weight is 305 g/mol. The van der Waals surface area contributed by atoms with Gasteiger partial charge in [-0.3, -0.25) is 5.84 Å². The normalized spacial score (nSPS) is 16.5. The number of hydrogen-bond donors (Lipinski definition) is 2. The molecule has 2 nitrogen and oxygen atoms in total. The molecule has 1 saturated carbocycles. The van der Waals surface area contributed by atoms with E-state index in [2.05, 4.69) is 17.6 Å². The van der Waals surface area contributed by atoms with Crippen molar-refractivity contribution in [3.8, 4) is 0 Å². The highest BCUT2D eigenvalue weighted by molar-refractivity contribution is 6.31. The third-order valence-corrected chi connectivity index (χ3v) is 4.61. The molecule has 0 spiro atoms. The zero-order chi connectivity index (χ0) is 14.8. The second kappa shape index (κ2) is 6.14. The predicted molar refractivity (Wildman–Crippen MR) is 83.6 cm³/mol. The van der Waals surface area contributed by atoms with E-state index in [4.69, 9.17) is 17.4 Å². The van der Waals surface area contributed by atoms with Crippen LogP contribution in [-0.4, -0.2) is 0 Å². The van der Waals surface area contributed by atoms with E-state index in [1.165, 1.54) is 30.9 Å². The van der Waals surface area contributed by atoms with Gasteiger partial charge >= 0.3 is 0 Å². The summed E-state index contributed by atoms with van der Waals surface area (Å²) in [4.78, 5) is 0. The minimum absolute atomic E-state index is 0.348. The fraction of sp³-hybridized carbons (Fsp3) is 0.294. The monoisotopic (exact) mass is 304 g/mol. The Balaban J connectivity index is 2.00. The zero-order valence-corrected chi connectivity index (χ0v) is 12.4. The average Bonchev–Trinajstić information content (AvgIpc) is 2.41. The van der Waals surface area contributed by atoms with Crippen LogP contribution in [0.1, 0.15) is 47.9 Å². The number of hydrazine groups is 1. The third-order valence-electron chi connectivity index (χ3n) is 4.28. The van der Waals surface area contributed by atoms with Crippen LogP contribution in [0.2, 0.25) is 5.02 Å². The largest absolute Gasteiger partial charge is 0.271 e. The van der Waals surface area contributed by atoms with Crippen molar-refractivity contribution in [1.29, 1.82) is 0 Å². The molecule has 0 amide bonds. The molecule has 1 aliphatic carbocycles. The lowest BCUT2D eigenvalue weighted by molar-refractivity contribution is 0.419. The first kappa shape index (κ1) is 14.5. The molecule has 4 heteroatoms. The van der Waals surface area contributed by atoms with E-state index in [0.717, 1.165) is 5.56 Å². The lowest BCUT2D eigenvalue weighted by Gasteiger charge is -2.27. The number of benzene rings is 2. The molecule has 0 aromatic heterocycles. The molecule has 1 aliphatic rings. The van der Waals surface area contributed by atoms with Gasteiger partial charge in [-0.15, -0.1) is 0 Å².